The highest BCUT2D eigenvalue weighted by Crippen LogP contribution is 2.25. The number of anilines is 1. The second-order valence-corrected chi connectivity index (χ2v) is 3.92. The van der Waals surface area contributed by atoms with E-state index in [2.05, 4.69) is 15.3 Å². The Morgan fingerprint density at radius 2 is 2.28 bits per heavy atom. The van der Waals surface area contributed by atoms with Gasteiger partial charge >= 0.3 is 0 Å². The van der Waals surface area contributed by atoms with Crippen molar-refractivity contribution in [3.05, 3.63) is 41.7 Å². The van der Waals surface area contributed by atoms with Crippen LogP contribution in [-0.2, 0) is 6.54 Å². The second kappa shape index (κ2) is 5.53. The summed E-state index contributed by atoms with van der Waals surface area (Å²) >= 11 is 0. The van der Waals surface area contributed by atoms with Gasteiger partial charge in [0.15, 0.2) is 0 Å². The molecular formula is C13H16FN3O. The fourth-order valence-electron chi connectivity index (χ4n) is 1.67. The zero-order valence-electron chi connectivity index (χ0n) is 10.5. The molecule has 2 rings (SSSR count). The summed E-state index contributed by atoms with van der Waals surface area (Å²) < 4.78 is 18.5. The van der Waals surface area contributed by atoms with E-state index in [1.807, 2.05) is 13.8 Å². The van der Waals surface area contributed by atoms with Crippen molar-refractivity contribution in [2.24, 2.45) is 0 Å². The fraction of sp³-hybridized carbons (Fsp3) is 0.308. The molecule has 1 heterocycles. The quantitative estimate of drug-likeness (QED) is 0.856. The number of nitrogens with one attached hydrogen (secondary N) is 2. The van der Waals surface area contributed by atoms with Crippen molar-refractivity contribution in [1.29, 1.82) is 0 Å². The lowest BCUT2D eigenvalue weighted by atomic mass is 10.2. The Morgan fingerprint density at radius 1 is 1.44 bits per heavy atom. The van der Waals surface area contributed by atoms with Crippen LogP contribution in [0.15, 0.2) is 24.4 Å². The zero-order valence-corrected chi connectivity index (χ0v) is 10.5. The first-order valence-electron chi connectivity index (χ1n) is 5.85. The summed E-state index contributed by atoms with van der Waals surface area (Å²) in [6, 6.07) is 4.46. The van der Waals surface area contributed by atoms with Crippen LogP contribution < -0.4 is 10.1 Å². The first-order chi connectivity index (χ1) is 8.69. The van der Waals surface area contributed by atoms with E-state index in [1.165, 1.54) is 12.1 Å². The molecule has 2 aromatic rings. The number of aromatic amines is 1. The van der Waals surface area contributed by atoms with Gasteiger partial charge in [-0.1, -0.05) is 0 Å². The molecule has 0 bridgehead atoms. The van der Waals surface area contributed by atoms with Crippen LogP contribution in [0.2, 0.25) is 0 Å². The Kier molecular flexibility index (Phi) is 3.82. The molecule has 0 saturated heterocycles. The molecule has 0 spiro atoms. The number of imidazole rings is 1. The summed E-state index contributed by atoms with van der Waals surface area (Å²) in [6.07, 6.45) is 1.77. The number of halogens is 1. The van der Waals surface area contributed by atoms with E-state index in [9.17, 15) is 4.39 Å². The third-order valence-electron chi connectivity index (χ3n) is 2.47. The summed E-state index contributed by atoms with van der Waals surface area (Å²) in [6.45, 7) is 4.85. The van der Waals surface area contributed by atoms with Gasteiger partial charge in [-0.25, -0.2) is 9.37 Å². The monoisotopic (exact) mass is 249 g/mol. The predicted octanol–water partition coefficient (Wildman–Crippen LogP) is 2.87. The largest absolute Gasteiger partial charge is 0.492 e. The van der Waals surface area contributed by atoms with Crippen molar-refractivity contribution in [3.63, 3.8) is 0 Å². The van der Waals surface area contributed by atoms with Crippen LogP contribution in [0.3, 0.4) is 0 Å². The second-order valence-electron chi connectivity index (χ2n) is 3.92. The van der Waals surface area contributed by atoms with Gasteiger partial charge in [-0.3, -0.25) is 0 Å². The van der Waals surface area contributed by atoms with Gasteiger partial charge in [0.05, 0.1) is 30.7 Å². The van der Waals surface area contributed by atoms with Gasteiger partial charge < -0.3 is 15.0 Å². The number of ether oxygens (including phenoxy) is 1. The molecular weight excluding hydrogens is 233 g/mol. The van der Waals surface area contributed by atoms with Crippen molar-refractivity contribution >= 4 is 5.69 Å². The molecule has 0 amide bonds. The highest BCUT2D eigenvalue weighted by atomic mass is 19.1. The minimum absolute atomic E-state index is 0.304. The van der Waals surface area contributed by atoms with Crippen LogP contribution >= 0.6 is 0 Å². The molecule has 96 valence electrons. The standard InChI is InChI=1S/C13H16FN3O/c1-3-18-13-6-10(14)4-5-12(13)16-8-11-7-15-9(2)17-11/h4-7,16H,3,8H2,1-2H3,(H,15,17). The molecule has 4 nitrogen and oxygen atoms in total. The van der Waals surface area contributed by atoms with Crippen LogP contribution in [0.5, 0.6) is 5.75 Å². The van der Waals surface area contributed by atoms with Crippen LogP contribution in [0, 0.1) is 12.7 Å². The minimum Gasteiger partial charge on any atom is -0.492 e. The topological polar surface area (TPSA) is 49.9 Å². The van der Waals surface area contributed by atoms with E-state index < -0.39 is 0 Å². The van der Waals surface area contributed by atoms with Crippen molar-refractivity contribution in [1.82, 2.24) is 9.97 Å². The Bertz CT molecular complexity index is 525. The molecule has 5 heteroatoms. The van der Waals surface area contributed by atoms with Crippen LogP contribution in [-0.4, -0.2) is 16.6 Å². The average molecular weight is 249 g/mol. The summed E-state index contributed by atoms with van der Waals surface area (Å²) in [4.78, 5) is 7.24. The summed E-state index contributed by atoms with van der Waals surface area (Å²) in [5.74, 6) is 1.09. The summed E-state index contributed by atoms with van der Waals surface area (Å²) in [7, 11) is 0. The normalized spacial score (nSPS) is 10.4. The maximum Gasteiger partial charge on any atom is 0.145 e. The number of aryl methyl sites for hydroxylation is 1. The van der Waals surface area contributed by atoms with E-state index in [1.54, 1.807) is 12.3 Å². The van der Waals surface area contributed by atoms with E-state index in [-0.39, 0.29) is 5.82 Å². The van der Waals surface area contributed by atoms with Crippen molar-refractivity contribution in [3.8, 4) is 5.75 Å². The molecule has 0 aliphatic carbocycles. The Balaban J connectivity index is 2.08. The summed E-state index contributed by atoms with van der Waals surface area (Å²) in [5.41, 5.74) is 1.74. The van der Waals surface area contributed by atoms with Gasteiger partial charge in [-0.15, -0.1) is 0 Å². The van der Waals surface area contributed by atoms with Crippen molar-refractivity contribution in [2.45, 2.75) is 20.4 Å². The maximum absolute atomic E-state index is 13.1. The van der Waals surface area contributed by atoms with Crippen molar-refractivity contribution in [2.75, 3.05) is 11.9 Å². The van der Waals surface area contributed by atoms with Crippen LogP contribution in [0.4, 0.5) is 10.1 Å². The first-order valence-corrected chi connectivity index (χ1v) is 5.85. The maximum atomic E-state index is 13.1. The Labute approximate surface area is 105 Å². The van der Waals surface area contributed by atoms with Gasteiger partial charge in [0.1, 0.15) is 17.4 Å². The Morgan fingerprint density at radius 3 is 2.94 bits per heavy atom. The zero-order chi connectivity index (χ0) is 13.0. The van der Waals surface area contributed by atoms with Crippen LogP contribution in [0.1, 0.15) is 18.4 Å². The van der Waals surface area contributed by atoms with Gasteiger partial charge in [0, 0.05) is 6.07 Å². The minimum atomic E-state index is -0.304. The third-order valence-corrected chi connectivity index (χ3v) is 2.47. The SMILES string of the molecule is CCOc1cc(F)ccc1NCc1cnc(C)[nH]1. The molecule has 0 unspecified atom stereocenters. The Hall–Kier alpha value is -2.04. The van der Waals surface area contributed by atoms with E-state index in [0.717, 1.165) is 17.2 Å². The third kappa shape index (κ3) is 3.00. The number of benzene rings is 1. The lowest BCUT2D eigenvalue weighted by Gasteiger charge is -2.11. The molecule has 1 aromatic carbocycles. The molecule has 18 heavy (non-hydrogen) atoms. The summed E-state index contributed by atoms with van der Waals surface area (Å²) in [5, 5.41) is 3.19. The molecule has 0 aliphatic rings. The molecule has 0 aliphatic heterocycles. The fourth-order valence-corrected chi connectivity index (χ4v) is 1.67. The lowest BCUT2D eigenvalue weighted by Crippen LogP contribution is -2.03. The van der Waals surface area contributed by atoms with E-state index in [0.29, 0.717) is 18.9 Å². The van der Waals surface area contributed by atoms with Gasteiger partial charge in [0.2, 0.25) is 0 Å². The smallest absolute Gasteiger partial charge is 0.145 e. The number of rotatable bonds is 5. The lowest BCUT2D eigenvalue weighted by molar-refractivity contribution is 0.339. The molecule has 0 atom stereocenters. The molecule has 2 N–H and O–H groups in total. The van der Waals surface area contributed by atoms with Gasteiger partial charge in [0.25, 0.3) is 0 Å². The highest BCUT2D eigenvalue weighted by molar-refractivity contribution is 5.56. The number of hydrogen-bond donors (Lipinski definition) is 2. The average Bonchev–Trinajstić information content (AvgIpc) is 2.75. The van der Waals surface area contributed by atoms with Crippen molar-refractivity contribution < 1.29 is 9.13 Å². The molecule has 0 saturated carbocycles. The number of hydrogen-bond acceptors (Lipinski definition) is 3. The van der Waals surface area contributed by atoms with E-state index in [4.69, 9.17) is 4.74 Å². The number of nitrogens with zero attached hydrogens (tertiary/aromatic N) is 1. The first kappa shape index (κ1) is 12.4. The molecule has 1 aromatic heterocycles. The number of H-pyrrole nitrogens is 1. The molecule has 0 fully saturated rings. The predicted molar refractivity (Wildman–Crippen MR) is 68.2 cm³/mol. The van der Waals surface area contributed by atoms with Crippen LogP contribution in [0.25, 0.3) is 0 Å². The molecule has 0 radical (unpaired) electrons. The van der Waals surface area contributed by atoms with Gasteiger partial charge in [-0.2, -0.15) is 0 Å². The van der Waals surface area contributed by atoms with E-state index >= 15 is 0 Å². The number of aromatic nitrogens is 2. The highest BCUT2D eigenvalue weighted by Gasteiger charge is 2.05. The van der Waals surface area contributed by atoms with Gasteiger partial charge in [-0.05, 0) is 26.0 Å².